The summed E-state index contributed by atoms with van der Waals surface area (Å²) in [7, 11) is 0. The number of ether oxygens (including phenoxy) is 1. The number of hydrogen-bond donors (Lipinski definition) is 6. The summed E-state index contributed by atoms with van der Waals surface area (Å²) < 4.78 is 5.45. The quantitative estimate of drug-likeness (QED) is 0.0859. The van der Waals surface area contributed by atoms with E-state index < -0.39 is 60.9 Å². The zero-order valence-corrected chi connectivity index (χ0v) is 28.0. The molecule has 0 fully saturated rings. The maximum Gasteiger partial charge on any atom is 0.407 e. The normalized spacial score (nSPS) is 13.4. The maximum absolute atomic E-state index is 13.0. The molecule has 0 saturated carbocycles. The van der Waals surface area contributed by atoms with E-state index in [1.54, 1.807) is 0 Å². The molecule has 3 atom stereocenters. The minimum absolute atomic E-state index is 0.0842. The van der Waals surface area contributed by atoms with Gasteiger partial charge in [-0.3, -0.25) is 19.2 Å². The van der Waals surface area contributed by atoms with Gasteiger partial charge < -0.3 is 41.8 Å². The van der Waals surface area contributed by atoms with Gasteiger partial charge in [-0.25, -0.2) is 4.79 Å². The zero-order valence-electron chi connectivity index (χ0n) is 28.0. The average molecular weight is 685 g/mol. The van der Waals surface area contributed by atoms with E-state index in [-0.39, 0.29) is 18.9 Å². The number of hydrogen-bond acceptors (Lipinski definition) is 8. The summed E-state index contributed by atoms with van der Waals surface area (Å²) in [5, 5.41) is 12.6. The van der Waals surface area contributed by atoms with Crippen molar-refractivity contribution in [1.82, 2.24) is 26.6 Å². The van der Waals surface area contributed by atoms with Crippen LogP contribution in [0.25, 0.3) is 11.1 Å². The second-order valence-corrected chi connectivity index (χ2v) is 12.0. The van der Waals surface area contributed by atoms with Crippen molar-refractivity contribution in [3.63, 3.8) is 0 Å². The van der Waals surface area contributed by atoms with Crippen molar-refractivity contribution in [1.29, 1.82) is 0 Å². The lowest BCUT2D eigenvalue weighted by Crippen LogP contribution is -2.54. The number of nitrogens with one attached hydrogen (secondary N) is 5. The molecule has 0 aromatic heterocycles. The van der Waals surface area contributed by atoms with E-state index in [0.717, 1.165) is 27.8 Å². The van der Waals surface area contributed by atoms with Gasteiger partial charge in [0.05, 0.1) is 12.6 Å². The largest absolute Gasteiger partial charge is 0.449 e. The van der Waals surface area contributed by atoms with Crippen LogP contribution in [0.5, 0.6) is 0 Å². The highest BCUT2D eigenvalue weighted by atomic mass is 16.5. The number of alkyl carbamates (subject to hydrolysis) is 1. The second-order valence-electron chi connectivity index (χ2n) is 12.0. The Labute approximate surface area is 291 Å². The summed E-state index contributed by atoms with van der Waals surface area (Å²) in [6.07, 6.45) is 1.52. The summed E-state index contributed by atoms with van der Waals surface area (Å²) in [6, 6.07) is 22.2. The van der Waals surface area contributed by atoms with Crippen LogP contribution in [0.1, 0.15) is 48.8 Å². The molecule has 50 heavy (non-hydrogen) atoms. The Balaban J connectivity index is 1.20. The molecule has 7 N–H and O–H groups in total. The van der Waals surface area contributed by atoms with E-state index in [2.05, 4.69) is 26.6 Å². The fourth-order valence-electron chi connectivity index (χ4n) is 5.77. The van der Waals surface area contributed by atoms with Gasteiger partial charge in [0.15, 0.2) is 0 Å². The second kappa shape index (κ2) is 18.8. The molecule has 0 saturated heterocycles. The van der Waals surface area contributed by atoms with Gasteiger partial charge in [-0.15, -0.1) is 0 Å². The lowest BCUT2D eigenvalue weighted by atomic mass is 9.98. The van der Waals surface area contributed by atoms with Crippen molar-refractivity contribution in [3.8, 4) is 11.1 Å². The number of aldehydes is 1. The van der Waals surface area contributed by atoms with Gasteiger partial charge in [0.1, 0.15) is 31.5 Å². The van der Waals surface area contributed by atoms with E-state index in [9.17, 15) is 28.8 Å². The molecular weight excluding hydrogens is 640 g/mol. The summed E-state index contributed by atoms with van der Waals surface area (Å²) in [6.45, 7) is 1.07. The minimum atomic E-state index is -1.05. The topological polar surface area (TPSA) is 198 Å². The van der Waals surface area contributed by atoms with E-state index in [1.807, 2.05) is 78.9 Å². The Morgan fingerprint density at radius 1 is 0.760 bits per heavy atom. The molecular formula is C37H44N6O7. The molecule has 0 bridgehead atoms. The van der Waals surface area contributed by atoms with E-state index in [1.165, 1.54) is 6.92 Å². The van der Waals surface area contributed by atoms with Crippen molar-refractivity contribution < 1.29 is 33.5 Å². The molecule has 5 amide bonds. The molecule has 3 aromatic carbocycles. The van der Waals surface area contributed by atoms with Crippen molar-refractivity contribution >= 4 is 36.0 Å². The van der Waals surface area contributed by atoms with Crippen LogP contribution < -0.4 is 32.3 Å². The highest BCUT2D eigenvalue weighted by molar-refractivity contribution is 5.94. The van der Waals surface area contributed by atoms with E-state index in [0.29, 0.717) is 32.1 Å². The highest BCUT2D eigenvalue weighted by Gasteiger charge is 2.29. The third kappa shape index (κ3) is 10.7. The van der Waals surface area contributed by atoms with Crippen LogP contribution in [0.15, 0.2) is 78.9 Å². The van der Waals surface area contributed by atoms with Gasteiger partial charge >= 0.3 is 6.09 Å². The molecule has 13 heteroatoms. The van der Waals surface area contributed by atoms with E-state index in [4.69, 9.17) is 10.5 Å². The molecule has 3 aromatic rings. The van der Waals surface area contributed by atoms with Crippen LogP contribution in [0.4, 0.5) is 4.79 Å². The van der Waals surface area contributed by atoms with Crippen LogP contribution in [0.3, 0.4) is 0 Å². The minimum Gasteiger partial charge on any atom is -0.449 e. The lowest BCUT2D eigenvalue weighted by Gasteiger charge is -2.21. The predicted molar refractivity (Wildman–Crippen MR) is 187 cm³/mol. The predicted octanol–water partition coefficient (Wildman–Crippen LogP) is 1.69. The van der Waals surface area contributed by atoms with Gasteiger partial charge in [0, 0.05) is 5.92 Å². The first kappa shape index (κ1) is 37.3. The molecule has 264 valence electrons. The van der Waals surface area contributed by atoms with Crippen LogP contribution in [0, 0.1) is 0 Å². The molecule has 0 radical (unpaired) electrons. The lowest BCUT2D eigenvalue weighted by molar-refractivity contribution is -0.132. The first-order valence-electron chi connectivity index (χ1n) is 16.6. The molecule has 1 aliphatic carbocycles. The van der Waals surface area contributed by atoms with Gasteiger partial charge in [-0.2, -0.15) is 0 Å². The Hall–Kier alpha value is -5.56. The number of rotatable bonds is 18. The Morgan fingerprint density at radius 3 is 2.00 bits per heavy atom. The Morgan fingerprint density at radius 2 is 1.36 bits per heavy atom. The van der Waals surface area contributed by atoms with Crippen molar-refractivity contribution in [2.24, 2.45) is 5.73 Å². The number of carbonyl (C=O) groups excluding carboxylic acids is 6. The number of nitrogens with two attached hydrogens (primary N) is 1. The van der Waals surface area contributed by atoms with E-state index >= 15 is 0 Å². The average Bonchev–Trinajstić information content (AvgIpc) is 3.45. The number of benzene rings is 3. The fourth-order valence-corrected chi connectivity index (χ4v) is 5.77. The van der Waals surface area contributed by atoms with Crippen LogP contribution >= 0.6 is 0 Å². The van der Waals surface area contributed by atoms with Gasteiger partial charge in [-0.1, -0.05) is 78.9 Å². The SMILES string of the molecule is C[C@H](NC(=O)CNC(=O)OCC1c2ccccc2-c2ccccc21)C(=O)N[C@@H](CCCCN)C(=O)NCC(=O)N[C@H](C=O)Cc1ccccc1. The monoisotopic (exact) mass is 684 g/mol. The fraction of sp³-hybridized carbons (Fsp3) is 0.351. The van der Waals surface area contributed by atoms with Crippen LogP contribution in [0.2, 0.25) is 0 Å². The standard InChI is InChI=1S/C37H44N6O7/c1-24(41-33(45)21-40-37(49)50-23-31-29-15-7-5-13-27(29)28-14-6-8-16-30(28)31)35(47)43-32(17-9-10-18-38)36(48)39-20-34(46)42-26(22-44)19-25-11-3-2-4-12-25/h2-8,11-16,22,24,26,31-32H,9-10,17-21,23,38H2,1H3,(H,39,48)(H,40,49)(H,41,45)(H,42,46)(H,43,47)/t24-,26-,32-/m0/s1. The molecule has 0 heterocycles. The van der Waals surface area contributed by atoms with Gasteiger partial charge in [0.2, 0.25) is 23.6 Å². The smallest absolute Gasteiger partial charge is 0.407 e. The first-order chi connectivity index (χ1) is 24.2. The number of amides is 5. The number of carbonyl (C=O) groups is 6. The number of unbranched alkanes of at least 4 members (excludes halogenated alkanes) is 1. The van der Waals surface area contributed by atoms with Crippen LogP contribution in [-0.4, -0.2) is 80.4 Å². The summed E-state index contributed by atoms with van der Waals surface area (Å²) >= 11 is 0. The zero-order chi connectivity index (χ0) is 35.9. The first-order valence-corrected chi connectivity index (χ1v) is 16.6. The molecule has 1 aliphatic rings. The summed E-state index contributed by atoms with van der Waals surface area (Å²) in [5.41, 5.74) is 10.8. The highest BCUT2D eigenvalue weighted by Crippen LogP contribution is 2.44. The molecule has 0 aliphatic heterocycles. The molecule has 0 unspecified atom stereocenters. The third-order valence-electron chi connectivity index (χ3n) is 8.32. The summed E-state index contributed by atoms with van der Waals surface area (Å²) in [5.74, 6) is -2.58. The van der Waals surface area contributed by atoms with Gasteiger partial charge in [-0.05, 0) is 67.0 Å². The Kier molecular flexibility index (Phi) is 14.0. The third-order valence-corrected chi connectivity index (χ3v) is 8.32. The maximum atomic E-state index is 13.0. The van der Waals surface area contributed by atoms with Crippen molar-refractivity contribution in [3.05, 3.63) is 95.6 Å². The molecule has 0 spiro atoms. The van der Waals surface area contributed by atoms with Crippen LogP contribution in [-0.2, 0) is 35.1 Å². The van der Waals surface area contributed by atoms with Crippen molar-refractivity contribution in [2.75, 3.05) is 26.2 Å². The number of fused-ring (bicyclic) bond motifs is 3. The molecule has 13 nitrogen and oxygen atoms in total. The molecule has 4 rings (SSSR count). The Bertz CT molecular complexity index is 1600. The summed E-state index contributed by atoms with van der Waals surface area (Å²) in [4.78, 5) is 75.0. The van der Waals surface area contributed by atoms with Gasteiger partial charge in [0.25, 0.3) is 0 Å². The van der Waals surface area contributed by atoms with Crippen molar-refractivity contribution in [2.45, 2.75) is 56.7 Å².